The van der Waals surface area contributed by atoms with Gasteiger partial charge in [0.2, 0.25) is 15.0 Å². The van der Waals surface area contributed by atoms with E-state index in [0.29, 0.717) is 35.1 Å². The van der Waals surface area contributed by atoms with E-state index < -0.39 is 9.84 Å². The van der Waals surface area contributed by atoms with Crippen molar-refractivity contribution in [2.45, 2.75) is 42.9 Å². The maximum atomic E-state index is 13.3. The Hall–Kier alpha value is -3.14. The van der Waals surface area contributed by atoms with E-state index in [9.17, 15) is 13.2 Å². The average Bonchev–Trinajstić information content (AvgIpc) is 3.50. The van der Waals surface area contributed by atoms with Gasteiger partial charge in [0, 0.05) is 30.4 Å². The molecule has 2 amide bonds. The number of imidazole rings is 1. The van der Waals surface area contributed by atoms with Crippen molar-refractivity contribution < 1.29 is 17.9 Å². The molecule has 2 aromatic carbocycles. The fourth-order valence-corrected chi connectivity index (χ4v) is 5.86. The van der Waals surface area contributed by atoms with Crippen LogP contribution in [0.4, 0.5) is 10.5 Å². The molecule has 1 fully saturated rings. The summed E-state index contributed by atoms with van der Waals surface area (Å²) in [4.78, 5) is 19.2. The molecule has 10 heteroatoms. The summed E-state index contributed by atoms with van der Waals surface area (Å²) < 4.78 is 33.8. The van der Waals surface area contributed by atoms with Crippen LogP contribution in [0.15, 0.2) is 78.6 Å². The number of nitrogens with zero attached hydrogens (tertiary/aromatic N) is 3. The number of nitrogens with one attached hydrogen (secondary N) is 1. The van der Waals surface area contributed by atoms with Crippen molar-refractivity contribution in [1.29, 1.82) is 0 Å². The van der Waals surface area contributed by atoms with Gasteiger partial charge in [-0.25, -0.2) is 18.2 Å². The van der Waals surface area contributed by atoms with E-state index in [1.165, 1.54) is 6.20 Å². The highest BCUT2D eigenvalue weighted by Gasteiger charge is 2.27. The van der Waals surface area contributed by atoms with Gasteiger partial charge in [-0.3, -0.25) is 0 Å². The zero-order valence-corrected chi connectivity index (χ0v) is 21.4. The third kappa shape index (κ3) is 6.54. The summed E-state index contributed by atoms with van der Waals surface area (Å²) in [6.07, 6.45) is 4.82. The van der Waals surface area contributed by atoms with Crippen LogP contribution in [0.5, 0.6) is 0 Å². The van der Waals surface area contributed by atoms with Gasteiger partial charge < -0.3 is 19.5 Å². The smallest absolute Gasteiger partial charge is 0.322 e. The van der Waals surface area contributed by atoms with E-state index in [4.69, 9.17) is 16.3 Å². The van der Waals surface area contributed by atoms with Gasteiger partial charge in [0.05, 0.1) is 30.3 Å². The third-order valence-electron chi connectivity index (χ3n) is 5.85. The van der Waals surface area contributed by atoms with Gasteiger partial charge in [0.25, 0.3) is 0 Å². The van der Waals surface area contributed by atoms with Crippen molar-refractivity contribution in [2.75, 3.05) is 18.5 Å². The van der Waals surface area contributed by atoms with E-state index >= 15 is 0 Å². The molecule has 8 nitrogen and oxygen atoms in total. The molecule has 0 bridgehead atoms. The number of carbonyl (C=O) groups excluding carboxylic acids is 1. The minimum absolute atomic E-state index is 0.0476. The monoisotopic (exact) mass is 528 g/mol. The largest absolute Gasteiger partial charge is 0.376 e. The van der Waals surface area contributed by atoms with Crippen molar-refractivity contribution in [1.82, 2.24) is 14.5 Å². The minimum atomic E-state index is -3.73. The minimum Gasteiger partial charge on any atom is -0.376 e. The third-order valence-corrected chi connectivity index (χ3v) is 7.69. The van der Waals surface area contributed by atoms with Gasteiger partial charge in [0.15, 0.2) is 0 Å². The van der Waals surface area contributed by atoms with Crippen LogP contribution >= 0.6 is 11.6 Å². The summed E-state index contributed by atoms with van der Waals surface area (Å²) in [6, 6.07) is 15.5. The zero-order chi connectivity index (χ0) is 25.5. The summed E-state index contributed by atoms with van der Waals surface area (Å²) in [6.45, 7) is 5.18. The second kappa shape index (κ2) is 11.7. The highest BCUT2D eigenvalue weighted by atomic mass is 35.5. The number of allylic oxidation sites excluding steroid dienone is 1. The molecule has 0 aliphatic carbocycles. The SMILES string of the molecule is C=CCn1c(CN(C[C@H]2CCCO2)C(=O)Nc2cccc(Cl)c2)cnc1S(=O)(=O)Cc1ccccc1. The van der Waals surface area contributed by atoms with Crippen LogP contribution in [-0.4, -0.2) is 48.2 Å². The molecule has 1 atom stereocenters. The lowest BCUT2D eigenvalue weighted by atomic mass is 10.2. The lowest BCUT2D eigenvalue weighted by Gasteiger charge is -2.26. The number of anilines is 1. The number of benzene rings is 2. The average molecular weight is 529 g/mol. The quantitative estimate of drug-likeness (QED) is 0.377. The zero-order valence-electron chi connectivity index (χ0n) is 19.8. The van der Waals surface area contributed by atoms with Crippen LogP contribution in [0.25, 0.3) is 0 Å². The maximum absolute atomic E-state index is 13.3. The molecular weight excluding hydrogens is 500 g/mol. The van der Waals surface area contributed by atoms with Crippen LogP contribution in [0.1, 0.15) is 24.1 Å². The van der Waals surface area contributed by atoms with Crippen molar-refractivity contribution in [3.8, 4) is 0 Å². The predicted octanol–water partition coefficient (Wildman–Crippen LogP) is 4.91. The molecule has 1 aliphatic heterocycles. The lowest BCUT2D eigenvalue weighted by molar-refractivity contribution is 0.0813. The van der Waals surface area contributed by atoms with E-state index in [-0.39, 0.29) is 36.1 Å². The Morgan fingerprint density at radius 1 is 1.25 bits per heavy atom. The first kappa shape index (κ1) is 25.9. The first-order chi connectivity index (χ1) is 17.4. The first-order valence-corrected chi connectivity index (χ1v) is 13.7. The summed E-state index contributed by atoms with van der Waals surface area (Å²) in [5.74, 6) is -0.170. The van der Waals surface area contributed by atoms with Gasteiger partial charge in [0.1, 0.15) is 0 Å². The Morgan fingerprint density at radius 3 is 2.75 bits per heavy atom. The number of urea groups is 1. The molecule has 190 valence electrons. The highest BCUT2D eigenvalue weighted by molar-refractivity contribution is 7.90. The Labute approximate surface area is 216 Å². The summed E-state index contributed by atoms with van der Waals surface area (Å²) >= 11 is 6.07. The lowest BCUT2D eigenvalue weighted by Crippen LogP contribution is -2.40. The maximum Gasteiger partial charge on any atom is 0.322 e. The standard InChI is InChI=1S/C26H29ClN4O4S/c1-2-13-31-23(16-28-26(31)36(33,34)19-20-8-4-3-5-9-20)17-30(18-24-12-7-14-35-24)25(32)29-22-11-6-10-21(27)15-22/h2-6,8-11,15-16,24H,1,7,12-14,17-19H2,(H,29,32)/t24-/m1/s1. The Balaban J connectivity index is 1.60. The second-order valence-electron chi connectivity index (χ2n) is 8.63. The number of rotatable bonds is 10. The van der Waals surface area contributed by atoms with E-state index in [1.807, 2.05) is 6.07 Å². The number of sulfone groups is 1. The summed E-state index contributed by atoms with van der Waals surface area (Å²) in [5, 5.41) is 3.34. The van der Waals surface area contributed by atoms with Crippen LogP contribution in [0.3, 0.4) is 0 Å². The first-order valence-electron chi connectivity index (χ1n) is 11.7. The van der Waals surface area contributed by atoms with E-state index in [0.717, 1.165) is 12.8 Å². The van der Waals surface area contributed by atoms with Crippen LogP contribution in [0.2, 0.25) is 5.02 Å². The van der Waals surface area contributed by atoms with Gasteiger partial charge in [-0.1, -0.05) is 54.1 Å². The Morgan fingerprint density at radius 2 is 2.06 bits per heavy atom. The number of amides is 2. The fourth-order valence-electron chi connectivity index (χ4n) is 4.17. The van der Waals surface area contributed by atoms with Crippen molar-refractivity contribution >= 4 is 33.2 Å². The second-order valence-corrected chi connectivity index (χ2v) is 11.0. The molecule has 1 aromatic heterocycles. The van der Waals surface area contributed by atoms with Gasteiger partial charge in [-0.15, -0.1) is 6.58 Å². The molecule has 36 heavy (non-hydrogen) atoms. The molecule has 1 saturated heterocycles. The fraction of sp³-hybridized carbons (Fsp3) is 0.308. The molecule has 0 spiro atoms. The molecular formula is C26H29ClN4O4S. The summed E-state index contributed by atoms with van der Waals surface area (Å²) in [5.41, 5.74) is 1.82. The topological polar surface area (TPSA) is 93.5 Å². The van der Waals surface area contributed by atoms with Gasteiger partial charge >= 0.3 is 6.03 Å². The van der Waals surface area contributed by atoms with Crippen molar-refractivity contribution in [3.05, 3.63) is 89.7 Å². The molecule has 0 radical (unpaired) electrons. The Kier molecular flexibility index (Phi) is 8.45. The van der Waals surface area contributed by atoms with Gasteiger partial charge in [-0.2, -0.15) is 0 Å². The number of aromatic nitrogens is 2. The highest BCUT2D eigenvalue weighted by Crippen LogP contribution is 2.22. The normalized spacial score (nSPS) is 15.5. The molecule has 1 aliphatic rings. The number of ether oxygens (including phenoxy) is 1. The number of carbonyl (C=O) groups is 1. The van der Waals surface area contributed by atoms with Crippen LogP contribution in [0, 0.1) is 0 Å². The molecule has 2 heterocycles. The summed E-state index contributed by atoms with van der Waals surface area (Å²) in [7, 11) is -3.73. The predicted molar refractivity (Wildman–Crippen MR) is 140 cm³/mol. The number of halogens is 1. The van der Waals surface area contributed by atoms with Crippen LogP contribution < -0.4 is 5.32 Å². The molecule has 4 rings (SSSR count). The van der Waals surface area contributed by atoms with Crippen molar-refractivity contribution in [2.24, 2.45) is 0 Å². The molecule has 3 aromatic rings. The molecule has 1 N–H and O–H groups in total. The number of hydrogen-bond acceptors (Lipinski definition) is 5. The van der Waals surface area contributed by atoms with E-state index in [2.05, 4.69) is 16.9 Å². The number of hydrogen-bond donors (Lipinski definition) is 1. The molecule has 0 saturated carbocycles. The molecule has 0 unspecified atom stereocenters. The Bertz CT molecular complexity index is 1300. The van der Waals surface area contributed by atoms with Crippen LogP contribution in [-0.2, 0) is 33.4 Å². The van der Waals surface area contributed by atoms with Crippen molar-refractivity contribution in [3.63, 3.8) is 0 Å². The van der Waals surface area contributed by atoms with E-state index in [1.54, 1.807) is 64.1 Å². The van der Waals surface area contributed by atoms with Gasteiger partial charge in [-0.05, 0) is 36.6 Å².